The van der Waals surface area contributed by atoms with Crippen molar-refractivity contribution in [2.24, 2.45) is 0 Å². The number of nitrogens with one attached hydrogen (secondary N) is 1. The number of hydrogen-bond acceptors (Lipinski definition) is 5. The summed E-state index contributed by atoms with van der Waals surface area (Å²) < 4.78 is 7.26. The number of ether oxygens (including phenoxy) is 1. The Hall–Kier alpha value is -4.20. The SMILES string of the molecule is COc1ccccc1CNC(=O)c1ccc2c(c1)nc1n2CCN(Cc2ccccn2)C1=O. The molecule has 3 heterocycles. The van der Waals surface area contributed by atoms with E-state index < -0.39 is 0 Å². The highest BCUT2D eigenvalue weighted by Crippen LogP contribution is 2.23. The van der Waals surface area contributed by atoms with Crippen LogP contribution in [0.2, 0.25) is 0 Å². The van der Waals surface area contributed by atoms with Crippen LogP contribution in [-0.2, 0) is 19.6 Å². The fourth-order valence-corrected chi connectivity index (χ4v) is 4.09. The normalized spacial score (nSPS) is 13.1. The molecule has 0 saturated heterocycles. The number of nitrogens with zero attached hydrogens (tertiary/aromatic N) is 4. The van der Waals surface area contributed by atoms with Gasteiger partial charge in [0.05, 0.1) is 30.4 Å². The second-order valence-electron chi connectivity index (χ2n) is 7.83. The van der Waals surface area contributed by atoms with Crippen LogP contribution >= 0.6 is 0 Å². The molecule has 0 spiro atoms. The van der Waals surface area contributed by atoms with Crippen molar-refractivity contribution in [2.75, 3.05) is 13.7 Å². The van der Waals surface area contributed by atoms with Gasteiger partial charge in [0.1, 0.15) is 5.75 Å². The molecule has 0 unspecified atom stereocenters. The number of methoxy groups -OCH3 is 1. The van der Waals surface area contributed by atoms with E-state index in [0.717, 1.165) is 22.5 Å². The molecule has 4 aromatic rings. The number of amides is 2. The molecule has 0 saturated carbocycles. The van der Waals surface area contributed by atoms with Gasteiger partial charge in [-0.15, -0.1) is 0 Å². The van der Waals surface area contributed by atoms with E-state index in [1.807, 2.05) is 53.1 Å². The first kappa shape index (κ1) is 20.7. The van der Waals surface area contributed by atoms with Gasteiger partial charge >= 0.3 is 0 Å². The van der Waals surface area contributed by atoms with E-state index in [4.69, 9.17) is 4.74 Å². The van der Waals surface area contributed by atoms with E-state index in [2.05, 4.69) is 15.3 Å². The maximum Gasteiger partial charge on any atom is 0.290 e. The minimum atomic E-state index is -0.211. The van der Waals surface area contributed by atoms with E-state index in [9.17, 15) is 9.59 Å². The summed E-state index contributed by atoms with van der Waals surface area (Å²) in [6.07, 6.45) is 1.72. The Labute approximate surface area is 190 Å². The van der Waals surface area contributed by atoms with Crippen LogP contribution in [0, 0.1) is 0 Å². The number of aromatic nitrogens is 3. The zero-order valence-electron chi connectivity index (χ0n) is 18.2. The summed E-state index contributed by atoms with van der Waals surface area (Å²) in [5.74, 6) is 0.768. The second kappa shape index (κ2) is 8.74. The van der Waals surface area contributed by atoms with Crippen molar-refractivity contribution in [3.63, 3.8) is 0 Å². The van der Waals surface area contributed by atoms with Crippen molar-refractivity contribution in [3.05, 3.63) is 89.5 Å². The smallest absolute Gasteiger partial charge is 0.290 e. The topological polar surface area (TPSA) is 89.3 Å². The number of rotatable bonds is 6. The first-order chi connectivity index (χ1) is 16.1. The maximum atomic E-state index is 13.1. The number of imidazole rings is 1. The predicted octanol–water partition coefficient (Wildman–Crippen LogP) is 3.03. The lowest BCUT2D eigenvalue weighted by atomic mass is 10.1. The molecule has 8 heteroatoms. The number of benzene rings is 2. The van der Waals surface area contributed by atoms with Gasteiger partial charge in [-0.1, -0.05) is 24.3 Å². The number of para-hydroxylation sites is 1. The molecule has 5 rings (SSSR count). The van der Waals surface area contributed by atoms with Crippen molar-refractivity contribution in [3.8, 4) is 5.75 Å². The minimum absolute atomic E-state index is 0.134. The summed E-state index contributed by atoms with van der Waals surface area (Å²) >= 11 is 0. The molecule has 0 atom stereocenters. The Kier molecular flexibility index (Phi) is 5.48. The minimum Gasteiger partial charge on any atom is -0.496 e. The predicted molar refractivity (Wildman–Crippen MR) is 123 cm³/mol. The first-order valence-corrected chi connectivity index (χ1v) is 10.7. The molecule has 8 nitrogen and oxygen atoms in total. The molecule has 0 aliphatic carbocycles. The van der Waals surface area contributed by atoms with Crippen molar-refractivity contribution >= 4 is 22.8 Å². The monoisotopic (exact) mass is 441 g/mol. The quantitative estimate of drug-likeness (QED) is 0.497. The van der Waals surface area contributed by atoms with Gasteiger partial charge in [0.2, 0.25) is 0 Å². The van der Waals surface area contributed by atoms with Crippen LogP contribution in [-0.4, -0.2) is 44.9 Å². The van der Waals surface area contributed by atoms with E-state index in [0.29, 0.717) is 43.1 Å². The highest BCUT2D eigenvalue weighted by molar-refractivity contribution is 6.00. The third-order valence-electron chi connectivity index (χ3n) is 5.79. The van der Waals surface area contributed by atoms with Gasteiger partial charge in [0, 0.05) is 37.0 Å². The molecule has 2 aromatic heterocycles. The van der Waals surface area contributed by atoms with Crippen LogP contribution in [0.15, 0.2) is 66.9 Å². The molecule has 2 aromatic carbocycles. The maximum absolute atomic E-state index is 13.1. The third-order valence-corrected chi connectivity index (χ3v) is 5.79. The number of pyridine rings is 1. The van der Waals surface area contributed by atoms with Crippen LogP contribution in [0.5, 0.6) is 5.75 Å². The molecule has 166 valence electrons. The molecule has 33 heavy (non-hydrogen) atoms. The molecule has 1 N–H and O–H groups in total. The average Bonchev–Trinajstić information content (AvgIpc) is 3.23. The van der Waals surface area contributed by atoms with E-state index >= 15 is 0 Å². The lowest BCUT2D eigenvalue weighted by Crippen LogP contribution is -2.40. The van der Waals surface area contributed by atoms with Gasteiger partial charge in [0.25, 0.3) is 11.8 Å². The van der Waals surface area contributed by atoms with Crippen LogP contribution in [0.3, 0.4) is 0 Å². The molecule has 2 amide bonds. The summed E-state index contributed by atoms with van der Waals surface area (Å²) in [6.45, 7) is 2.01. The number of carbonyl (C=O) groups excluding carboxylic acids is 2. The van der Waals surface area contributed by atoms with E-state index in [1.54, 1.807) is 30.3 Å². The molecule has 0 fully saturated rings. The van der Waals surface area contributed by atoms with Crippen molar-refractivity contribution in [1.29, 1.82) is 0 Å². The van der Waals surface area contributed by atoms with E-state index in [-0.39, 0.29) is 11.8 Å². The Morgan fingerprint density at radius 3 is 2.76 bits per heavy atom. The molecule has 1 aliphatic rings. The van der Waals surface area contributed by atoms with Gasteiger partial charge in [-0.2, -0.15) is 0 Å². The highest BCUT2D eigenvalue weighted by Gasteiger charge is 2.28. The third kappa shape index (κ3) is 4.03. The zero-order chi connectivity index (χ0) is 22.8. The summed E-state index contributed by atoms with van der Waals surface area (Å²) in [5.41, 5.74) is 3.70. The van der Waals surface area contributed by atoms with Gasteiger partial charge < -0.3 is 19.5 Å². The molecule has 1 aliphatic heterocycles. The van der Waals surface area contributed by atoms with Gasteiger partial charge in [0.15, 0.2) is 5.82 Å². The van der Waals surface area contributed by atoms with Gasteiger partial charge in [-0.05, 0) is 36.4 Å². The fourth-order valence-electron chi connectivity index (χ4n) is 4.09. The van der Waals surface area contributed by atoms with Crippen molar-refractivity contribution in [1.82, 2.24) is 24.8 Å². The van der Waals surface area contributed by atoms with E-state index in [1.165, 1.54) is 0 Å². The molecular formula is C25H23N5O3. The Morgan fingerprint density at radius 2 is 1.94 bits per heavy atom. The Bertz CT molecular complexity index is 1330. The summed E-state index contributed by atoms with van der Waals surface area (Å²) in [5, 5.41) is 2.92. The largest absolute Gasteiger partial charge is 0.496 e. The number of carbonyl (C=O) groups is 2. The van der Waals surface area contributed by atoms with Crippen molar-refractivity contribution in [2.45, 2.75) is 19.6 Å². The molecule has 0 bridgehead atoms. The number of fused-ring (bicyclic) bond motifs is 3. The summed E-state index contributed by atoms with van der Waals surface area (Å²) in [4.78, 5) is 36.4. The summed E-state index contributed by atoms with van der Waals surface area (Å²) in [6, 6.07) is 18.6. The van der Waals surface area contributed by atoms with Gasteiger partial charge in [-0.3, -0.25) is 14.6 Å². The van der Waals surface area contributed by atoms with Crippen LogP contribution < -0.4 is 10.1 Å². The molecular weight excluding hydrogens is 418 g/mol. The lowest BCUT2D eigenvalue weighted by Gasteiger charge is -2.27. The lowest BCUT2D eigenvalue weighted by molar-refractivity contribution is 0.0682. The number of hydrogen-bond donors (Lipinski definition) is 1. The van der Waals surface area contributed by atoms with Crippen LogP contribution in [0.25, 0.3) is 11.0 Å². The Morgan fingerprint density at radius 1 is 1.09 bits per heavy atom. The van der Waals surface area contributed by atoms with Crippen LogP contribution in [0.4, 0.5) is 0 Å². The average molecular weight is 441 g/mol. The summed E-state index contributed by atoms with van der Waals surface area (Å²) in [7, 11) is 1.61. The Balaban J connectivity index is 1.34. The molecule has 0 radical (unpaired) electrons. The second-order valence-corrected chi connectivity index (χ2v) is 7.83. The van der Waals surface area contributed by atoms with Gasteiger partial charge in [-0.25, -0.2) is 4.98 Å². The fraction of sp³-hybridized carbons (Fsp3) is 0.200. The highest BCUT2D eigenvalue weighted by atomic mass is 16.5. The standard InChI is InChI=1S/C25H23N5O3/c1-33-22-8-3-2-6-18(22)15-27-24(31)17-9-10-21-20(14-17)28-23-25(32)29(12-13-30(21)23)16-19-7-4-5-11-26-19/h2-11,14H,12-13,15-16H2,1H3,(H,27,31). The first-order valence-electron chi connectivity index (χ1n) is 10.7. The van der Waals surface area contributed by atoms with Crippen LogP contribution in [0.1, 0.15) is 32.2 Å². The zero-order valence-corrected chi connectivity index (χ0v) is 18.2. The van der Waals surface area contributed by atoms with Crippen molar-refractivity contribution < 1.29 is 14.3 Å².